The Bertz CT molecular complexity index is 947. The molecule has 0 saturated carbocycles. The topological polar surface area (TPSA) is 70.0 Å². The summed E-state index contributed by atoms with van der Waals surface area (Å²) in [6.07, 6.45) is 4.09. The van der Waals surface area contributed by atoms with Gasteiger partial charge in [0.05, 0.1) is 0 Å². The van der Waals surface area contributed by atoms with Gasteiger partial charge >= 0.3 is 5.97 Å². The van der Waals surface area contributed by atoms with Gasteiger partial charge in [-0.3, -0.25) is 9.69 Å². The Balaban J connectivity index is 0.000000181. The fourth-order valence-electron chi connectivity index (χ4n) is 4.54. The highest BCUT2D eigenvalue weighted by Crippen LogP contribution is 2.51. The van der Waals surface area contributed by atoms with Gasteiger partial charge < -0.3 is 14.9 Å². The quantitative estimate of drug-likeness (QED) is 0.721. The first-order chi connectivity index (χ1) is 14.3. The monoisotopic (exact) mass is 415 g/mol. The summed E-state index contributed by atoms with van der Waals surface area (Å²) >= 11 is 0. The third-order valence-electron chi connectivity index (χ3n) is 6.31. The van der Waals surface area contributed by atoms with E-state index in [1.54, 1.807) is 12.1 Å². The Morgan fingerprint density at radius 3 is 2.17 bits per heavy atom. The van der Waals surface area contributed by atoms with Gasteiger partial charge in [0.1, 0.15) is 17.2 Å². The minimum Gasteiger partial charge on any atom is -0.480 e. The molecular weight excluding hydrogens is 392 g/mol. The predicted octanol–water partition coefficient (Wildman–Crippen LogP) is 4.16. The van der Waals surface area contributed by atoms with E-state index in [0.29, 0.717) is 6.04 Å². The number of carboxylic acids is 1. The van der Waals surface area contributed by atoms with Crippen LogP contribution in [0.2, 0.25) is 0 Å². The van der Waals surface area contributed by atoms with Gasteiger partial charge in [-0.1, -0.05) is 42.5 Å². The normalized spacial score (nSPS) is 25.6. The number of halogens is 2. The van der Waals surface area contributed by atoms with E-state index >= 15 is 0 Å². The highest BCUT2D eigenvalue weighted by Gasteiger charge is 2.55. The number of aliphatic carboxylic acids is 1. The summed E-state index contributed by atoms with van der Waals surface area (Å²) in [5.41, 5.74) is -3.05. The number of aliphatic hydroxyl groups is 1. The van der Waals surface area contributed by atoms with Gasteiger partial charge in [-0.2, -0.15) is 0 Å². The summed E-state index contributed by atoms with van der Waals surface area (Å²) in [6.45, 7) is 0. The highest BCUT2D eigenvalue weighted by atomic mass is 19.3. The van der Waals surface area contributed by atoms with Crippen molar-refractivity contribution >= 4 is 5.97 Å². The fourth-order valence-corrected chi connectivity index (χ4v) is 4.54. The second-order valence-corrected chi connectivity index (χ2v) is 7.83. The van der Waals surface area contributed by atoms with Gasteiger partial charge in [-0.15, -0.1) is 0 Å². The SMILES string of the molecule is CN1[C@@H]2CC=C[C@@]1(O)CC2.O=C(O)C1(C(F)F)c2ccccc2Oc2ccccc21. The van der Waals surface area contributed by atoms with E-state index in [0.717, 1.165) is 19.3 Å². The Kier molecular flexibility index (Phi) is 5.11. The van der Waals surface area contributed by atoms with Crippen LogP contribution in [0.4, 0.5) is 8.78 Å². The molecule has 5 nitrogen and oxygen atoms in total. The fraction of sp³-hybridized carbons (Fsp3) is 0.348. The van der Waals surface area contributed by atoms with E-state index in [9.17, 15) is 23.8 Å². The minimum absolute atomic E-state index is 0.0267. The smallest absolute Gasteiger partial charge is 0.324 e. The summed E-state index contributed by atoms with van der Waals surface area (Å²) in [5.74, 6) is -1.29. The van der Waals surface area contributed by atoms with Crippen LogP contribution in [0.3, 0.4) is 0 Å². The number of ether oxygens (including phenoxy) is 1. The molecular formula is C23H23F2NO4. The maximum Gasteiger partial charge on any atom is 0.324 e. The average molecular weight is 415 g/mol. The van der Waals surface area contributed by atoms with E-state index in [1.165, 1.54) is 36.4 Å². The lowest BCUT2D eigenvalue weighted by molar-refractivity contribution is -0.148. The first-order valence-electron chi connectivity index (χ1n) is 9.82. The second-order valence-electron chi connectivity index (χ2n) is 7.83. The molecule has 1 saturated heterocycles. The van der Waals surface area contributed by atoms with Gasteiger partial charge in [0, 0.05) is 17.2 Å². The Morgan fingerprint density at radius 1 is 1.13 bits per heavy atom. The molecule has 3 aliphatic rings. The molecule has 1 fully saturated rings. The molecule has 3 heterocycles. The molecule has 0 unspecified atom stereocenters. The molecule has 2 aromatic carbocycles. The molecule has 3 aliphatic heterocycles. The van der Waals surface area contributed by atoms with Gasteiger partial charge in [-0.05, 0) is 44.5 Å². The zero-order chi connectivity index (χ0) is 21.5. The number of hydrogen-bond acceptors (Lipinski definition) is 4. The Labute approximate surface area is 173 Å². The summed E-state index contributed by atoms with van der Waals surface area (Å²) in [6, 6.07) is 12.6. The molecule has 0 spiro atoms. The minimum atomic E-state index is -3.09. The van der Waals surface area contributed by atoms with Crippen molar-refractivity contribution in [3.63, 3.8) is 0 Å². The maximum atomic E-state index is 13.7. The van der Waals surface area contributed by atoms with Crippen LogP contribution in [0, 0.1) is 0 Å². The third kappa shape index (κ3) is 3.00. The predicted molar refractivity (Wildman–Crippen MR) is 107 cm³/mol. The Morgan fingerprint density at radius 2 is 1.70 bits per heavy atom. The van der Waals surface area contributed by atoms with Crippen molar-refractivity contribution in [3.05, 3.63) is 71.8 Å². The molecule has 2 bridgehead atoms. The first-order valence-corrected chi connectivity index (χ1v) is 9.82. The number of benzene rings is 2. The number of nitrogens with zero attached hydrogens (tertiary/aromatic N) is 1. The van der Waals surface area contributed by atoms with Crippen LogP contribution in [0.25, 0.3) is 0 Å². The molecule has 5 rings (SSSR count). The number of para-hydroxylation sites is 2. The molecule has 2 aromatic rings. The molecule has 0 aromatic heterocycles. The van der Waals surface area contributed by atoms with Crippen molar-refractivity contribution in [1.82, 2.24) is 4.90 Å². The molecule has 158 valence electrons. The van der Waals surface area contributed by atoms with Crippen molar-refractivity contribution in [3.8, 4) is 11.5 Å². The van der Waals surface area contributed by atoms with E-state index < -0.39 is 23.5 Å². The summed E-state index contributed by atoms with van der Waals surface area (Å²) < 4.78 is 33.0. The number of carboxylic acid groups (broad SMARTS) is 1. The van der Waals surface area contributed by atoms with Crippen LogP contribution in [0.5, 0.6) is 11.5 Å². The zero-order valence-electron chi connectivity index (χ0n) is 16.5. The molecule has 0 radical (unpaired) electrons. The van der Waals surface area contributed by atoms with Crippen LogP contribution < -0.4 is 4.74 Å². The first kappa shape index (κ1) is 20.5. The zero-order valence-corrected chi connectivity index (χ0v) is 16.5. The number of rotatable bonds is 2. The third-order valence-corrected chi connectivity index (χ3v) is 6.31. The molecule has 0 amide bonds. The molecule has 2 N–H and O–H groups in total. The lowest BCUT2D eigenvalue weighted by Gasteiger charge is -2.35. The van der Waals surface area contributed by atoms with Crippen molar-refractivity contribution < 1.29 is 28.5 Å². The molecule has 30 heavy (non-hydrogen) atoms. The highest BCUT2D eigenvalue weighted by molar-refractivity contribution is 5.90. The van der Waals surface area contributed by atoms with E-state index in [-0.39, 0.29) is 22.6 Å². The van der Waals surface area contributed by atoms with E-state index in [1.807, 2.05) is 13.1 Å². The molecule has 7 heteroatoms. The van der Waals surface area contributed by atoms with E-state index in [2.05, 4.69) is 11.0 Å². The summed E-state index contributed by atoms with van der Waals surface area (Å²) in [7, 11) is 2.00. The van der Waals surface area contributed by atoms with Crippen LogP contribution in [-0.2, 0) is 10.2 Å². The van der Waals surface area contributed by atoms with Gasteiger partial charge in [-0.25, -0.2) is 8.78 Å². The average Bonchev–Trinajstić information content (AvgIpc) is 2.89. The van der Waals surface area contributed by atoms with Crippen LogP contribution in [0.15, 0.2) is 60.7 Å². The lowest BCUT2D eigenvalue weighted by atomic mass is 9.72. The standard InChI is InChI=1S/C15H10F2O3.C8H13NO/c16-13(17)15(14(18)19)9-5-1-3-7-11(9)20-12-8-4-2-6-10(12)15;1-9-7-3-2-5-8(9,10)6-4-7/h1-8,13H,(H,18,19);2,5,7,10H,3-4,6H2,1H3/t;7-,8-/m.1/s1. The second kappa shape index (κ2) is 7.49. The van der Waals surface area contributed by atoms with Crippen LogP contribution >= 0.6 is 0 Å². The number of fused-ring (bicyclic) bond motifs is 4. The van der Waals surface area contributed by atoms with Crippen molar-refractivity contribution in [2.45, 2.75) is 42.9 Å². The van der Waals surface area contributed by atoms with Crippen molar-refractivity contribution in [2.24, 2.45) is 0 Å². The van der Waals surface area contributed by atoms with Gasteiger partial charge in [0.15, 0.2) is 5.41 Å². The molecule has 2 atom stereocenters. The summed E-state index contributed by atoms with van der Waals surface area (Å²) in [5, 5.41) is 19.3. The number of likely N-dealkylation sites (N-methyl/N-ethyl adjacent to an activating group) is 1. The van der Waals surface area contributed by atoms with Crippen molar-refractivity contribution in [2.75, 3.05) is 7.05 Å². The maximum absolute atomic E-state index is 13.7. The van der Waals surface area contributed by atoms with E-state index in [4.69, 9.17) is 4.74 Å². The van der Waals surface area contributed by atoms with Crippen LogP contribution in [-0.4, -0.2) is 46.3 Å². The number of alkyl halides is 2. The number of hydrogen-bond donors (Lipinski definition) is 2. The van der Waals surface area contributed by atoms with Crippen LogP contribution in [0.1, 0.15) is 30.4 Å². The Hall–Kier alpha value is -2.77. The van der Waals surface area contributed by atoms with Gasteiger partial charge in [0.2, 0.25) is 0 Å². The largest absolute Gasteiger partial charge is 0.480 e. The lowest BCUT2D eigenvalue weighted by Crippen LogP contribution is -2.45. The molecule has 0 aliphatic carbocycles. The number of carbonyl (C=O) groups is 1. The summed E-state index contributed by atoms with van der Waals surface area (Å²) in [4.78, 5) is 13.8. The van der Waals surface area contributed by atoms with Gasteiger partial charge in [0.25, 0.3) is 6.43 Å². The van der Waals surface area contributed by atoms with Crippen molar-refractivity contribution in [1.29, 1.82) is 0 Å².